The van der Waals surface area contributed by atoms with E-state index in [-0.39, 0.29) is 5.60 Å². The van der Waals surface area contributed by atoms with Crippen LogP contribution in [-0.2, 0) is 4.74 Å². The van der Waals surface area contributed by atoms with Crippen LogP contribution in [0.2, 0.25) is 0 Å². The van der Waals surface area contributed by atoms with Crippen LogP contribution in [0.4, 0.5) is 0 Å². The molecule has 0 aromatic rings. The molecule has 0 saturated heterocycles. The third-order valence-corrected chi connectivity index (χ3v) is 6.90. The number of nitrogens with one attached hydrogen (secondary N) is 1. The van der Waals surface area contributed by atoms with Gasteiger partial charge in [0.25, 0.3) is 0 Å². The summed E-state index contributed by atoms with van der Waals surface area (Å²) in [6, 6.07) is 0.677. The molecular weight excluding hydrogens is 258 g/mol. The molecule has 0 aromatic carbocycles. The molecule has 0 spiro atoms. The fraction of sp³-hybridized carbons (Fsp3) is 1.00. The Balaban J connectivity index is 1.59. The first-order valence-electron chi connectivity index (χ1n) is 9.16. The van der Waals surface area contributed by atoms with E-state index in [2.05, 4.69) is 26.2 Å². The fourth-order valence-electron chi connectivity index (χ4n) is 6.04. The molecule has 4 bridgehead atoms. The molecule has 1 unspecified atom stereocenters. The zero-order valence-corrected chi connectivity index (χ0v) is 14.6. The van der Waals surface area contributed by atoms with Crippen LogP contribution in [0.15, 0.2) is 0 Å². The van der Waals surface area contributed by atoms with Crippen molar-refractivity contribution in [3.05, 3.63) is 0 Å². The summed E-state index contributed by atoms with van der Waals surface area (Å²) in [6.45, 7) is 4.43. The lowest BCUT2D eigenvalue weighted by Crippen LogP contribution is -2.48. The van der Waals surface area contributed by atoms with Crippen molar-refractivity contribution in [3.8, 4) is 0 Å². The summed E-state index contributed by atoms with van der Waals surface area (Å²) in [7, 11) is 4.00. The van der Waals surface area contributed by atoms with Crippen molar-refractivity contribution in [3.63, 3.8) is 0 Å². The molecule has 4 saturated carbocycles. The minimum Gasteiger partial charge on any atom is -0.379 e. The third kappa shape index (κ3) is 3.47. The summed E-state index contributed by atoms with van der Waals surface area (Å²) in [6.07, 6.45) is 13.1. The van der Waals surface area contributed by atoms with Crippen LogP contribution in [0.1, 0.15) is 71.6 Å². The van der Waals surface area contributed by atoms with Gasteiger partial charge in [-0.05, 0) is 102 Å². The molecule has 4 rings (SSSR count). The lowest BCUT2D eigenvalue weighted by molar-refractivity contribution is -0.0636. The molecule has 1 N–H and O–H groups in total. The van der Waals surface area contributed by atoms with Crippen molar-refractivity contribution < 1.29 is 4.74 Å². The van der Waals surface area contributed by atoms with E-state index in [9.17, 15) is 0 Å². The van der Waals surface area contributed by atoms with Crippen LogP contribution in [0.3, 0.4) is 0 Å². The van der Waals surface area contributed by atoms with Gasteiger partial charge in [-0.1, -0.05) is 0 Å². The highest BCUT2D eigenvalue weighted by Gasteiger charge is 2.51. The van der Waals surface area contributed by atoms with Gasteiger partial charge in [-0.15, -0.1) is 0 Å². The molecule has 21 heavy (non-hydrogen) atoms. The third-order valence-electron chi connectivity index (χ3n) is 6.90. The minimum absolute atomic E-state index is 0.0244. The van der Waals surface area contributed by atoms with Crippen molar-refractivity contribution in [2.75, 3.05) is 14.2 Å². The number of hydrogen-bond donors (Lipinski definition) is 1. The Morgan fingerprint density at radius 3 is 2.05 bits per heavy atom. The smallest absolute Gasteiger partial charge is 0.0623 e. The van der Waals surface area contributed by atoms with E-state index >= 15 is 0 Å². The predicted molar refractivity (Wildman–Crippen MR) is 88.4 cm³/mol. The fourth-order valence-corrected chi connectivity index (χ4v) is 6.04. The number of ether oxygens (including phenoxy) is 1. The average molecular weight is 293 g/mol. The minimum atomic E-state index is 0.0244. The molecule has 0 aromatic heterocycles. The van der Waals surface area contributed by atoms with Crippen LogP contribution >= 0.6 is 0 Å². The van der Waals surface area contributed by atoms with Gasteiger partial charge in [0.1, 0.15) is 0 Å². The maximum atomic E-state index is 5.60. The van der Waals surface area contributed by atoms with Gasteiger partial charge >= 0.3 is 0 Å². The molecule has 0 heterocycles. The first-order valence-corrected chi connectivity index (χ1v) is 9.16. The molecule has 4 aliphatic carbocycles. The standard InChI is InChI=1S/C19H35NO/c1-18(2,21-4)6-5-17(20-3)13-19-10-14-7-15(11-19)9-16(8-14)12-19/h14-17,20H,5-13H2,1-4H3. The van der Waals surface area contributed by atoms with E-state index in [0.29, 0.717) is 11.5 Å². The Labute approximate surface area is 131 Å². The van der Waals surface area contributed by atoms with Gasteiger partial charge in [-0.25, -0.2) is 0 Å². The molecule has 122 valence electrons. The highest BCUT2D eigenvalue weighted by molar-refractivity contribution is 5.02. The normalized spacial score (nSPS) is 39.7. The lowest BCUT2D eigenvalue weighted by Gasteiger charge is -2.57. The zero-order valence-electron chi connectivity index (χ0n) is 14.6. The number of rotatable bonds is 7. The Hall–Kier alpha value is -0.0800. The second-order valence-corrected chi connectivity index (χ2v) is 9.11. The first kappa shape index (κ1) is 15.8. The van der Waals surface area contributed by atoms with E-state index < -0.39 is 0 Å². The van der Waals surface area contributed by atoms with Gasteiger partial charge < -0.3 is 10.1 Å². The van der Waals surface area contributed by atoms with E-state index in [1.807, 2.05) is 7.11 Å². The highest BCUT2D eigenvalue weighted by Crippen LogP contribution is 2.61. The monoisotopic (exact) mass is 293 g/mol. The van der Waals surface area contributed by atoms with Gasteiger partial charge in [0.05, 0.1) is 5.60 Å². The van der Waals surface area contributed by atoms with E-state index in [1.165, 1.54) is 32.1 Å². The SMILES string of the molecule is CNC(CCC(C)(C)OC)CC12CC3CC(CC(C3)C1)C2. The van der Waals surface area contributed by atoms with Crippen LogP contribution in [0.25, 0.3) is 0 Å². The molecule has 0 radical (unpaired) electrons. The molecule has 0 amide bonds. The van der Waals surface area contributed by atoms with Crippen LogP contribution in [-0.4, -0.2) is 25.8 Å². The molecule has 2 heteroatoms. The average Bonchev–Trinajstić information content (AvgIpc) is 2.42. The largest absolute Gasteiger partial charge is 0.379 e. The summed E-state index contributed by atoms with van der Waals surface area (Å²) < 4.78 is 5.60. The van der Waals surface area contributed by atoms with E-state index in [4.69, 9.17) is 4.74 Å². The Kier molecular flexibility index (Phi) is 4.40. The van der Waals surface area contributed by atoms with Gasteiger partial charge in [0.15, 0.2) is 0 Å². The molecule has 4 fully saturated rings. The van der Waals surface area contributed by atoms with Crippen molar-refractivity contribution in [2.24, 2.45) is 23.2 Å². The first-order chi connectivity index (χ1) is 9.93. The zero-order chi connectivity index (χ0) is 15.1. The molecular formula is C19H35NO. The summed E-state index contributed by atoms with van der Waals surface area (Å²) in [5.41, 5.74) is 0.718. The summed E-state index contributed by atoms with van der Waals surface area (Å²) in [5, 5.41) is 3.62. The van der Waals surface area contributed by atoms with E-state index in [1.54, 1.807) is 19.3 Å². The van der Waals surface area contributed by atoms with Crippen LogP contribution in [0, 0.1) is 23.2 Å². The van der Waals surface area contributed by atoms with Crippen molar-refractivity contribution >= 4 is 0 Å². The van der Waals surface area contributed by atoms with Crippen LogP contribution < -0.4 is 5.32 Å². The second kappa shape index (κ2) is 5.85. The summed E-state index contributed by atoms with van der Waals surface area (Å²) in [5.74, 6) is 3.22. The van der Waals surface area contributed by atoms with E-state index in [0.717, 1.165) is 24.2 Å². The summed E-state index contributed by atoms with van der Waals surface area (Å²) >= 11 is 0. The number of methoxy groups -OCH3 is 1. The second-order valence-electron chi connectivity index (χ2n) is 9.11. The van der Waals surface area contributed by atoms with Crippen molar-refractivity contribution in [2.45, 2.75) is 83.3 Å². The Morgan fingerprint density at radius 2 is 1.62 bits per heavy atom. The Bertz CT molecular complexity index is 327. The molecule has 1 atom stereocenters. The molecule has 4 aliphatic rings. The van der Waals surface area contributed by atoms with Gasteiger partial charge in [-0.2, -0.15) is 0 Å². The van der Waals surface area contributed by atoms with Crippen molar-refractivity contribution in [1.82, 2.24) is 5.32 Å². The van der Waals surface area contributed by atoms with Gasteiger partial charge in [-0.3, -0.25) is 0 Å². The number of hydrogen-bond acceptors (Lipinski definition) is 2. The molecule has 0 aliphatic heterocycles. The molecule has 2 nitrogen and oxygen atoms in total. The maximum absolute atomic E-state index is 5.60. The highest BCUT2D eigenvalue weighted by atomic mass is 16.5. The van der Waals surface area contributed by atoms with Gasteiger partial charge in [0.2, 0.25) is 0 Å². The predicted octanol–water partition coefficient (Wildman–Crippen LogP) is 4.39. The van der Waals surface area contributed by atoms with Gasteiger partial charge in [0, 0.05) is 13.2 Å². The summed E-state index contributed by atoms with van der Waals surface area (Å²) in [4.78, 5) is 0. The maximum Gasteiger partial charge on any atom is 0.0623 e. The lowest BCUT2D eigenvalue weighted by atomic mass is 9.48. The Morgan fingerprint density at radius 1 is 1.10 bits per heavy atom. The van der Waals surface area contributed by atoms with Crippen LogP contribution in [0.5, 0.6) is 0 Å². The quantitative estimate of drug-likeness (QED) is 0.752. The topological polar surface area (TPSA) is 21.3 Å². The van der Waals surface area contributed by atoms with Crippen molar-refractivity contribution in [1.29, 1.82) is 0 Å².